The molecular formula is C17H15N3O. The molecule has 0 unspecified atom stereocenters. The largest absolute Gasteiger partial charge is 0.411 e. The van der Waals surface area contributed by atoms with E-state index in [1.165, 1.54) is 11.8 Å². The average Bonchev–Trinajstić information content (AvgIpc) is 2.93. The highest BCUT2D eigenvalue weighted by atomic mass is 16.4. The smallest absolute Gasteiger partial charge is 0.102 e. The van der Waals surface area contributed by atoms with Crippen LogP contribution in [0.4, 0.5) is 0 Å². The van der Waals surface area contributed by atoms with Crippen molar-refractivity contribution in [1.82, 2.24) is 9.78 Å². The molecule has 0 saturated carbocycles. The fraction of sp³-hybridized carbons (Fsp3) is 0.0588. The fourth-order valence-electron chi connectivity index (χ4n) is 2.19. The van der Waals surface area contributed by atoms with Crippen molar-refractivity contribution in [3.63, 3.8) is 0 Å². The fourth-order valence-corrected chi connectivity index (χ4v) is 2.19. The second-order valence-corrected chi connectivity index (χ2v) is 4.82. The van der Waals surface area contributed by atoms with Gasteiger partial charge in [-0.1, -0.05) is 53.2 Å². The van der Waals surface area contributed by atoms with Crippen LogP contribution >= 0.6 is 0 Å². The lowest BCUT2D eigenvalue weighted by atomic mass is 10.1. The average molecular weight is 277 g/mol. The second-order valence-electron chi connectivity index (χ2n) is 4.82. The van der Waals surface area contributed by atoms with E-state index in [-0.39, 0.29) is 0 Å². The molecule has 21 heavy (non-hydrogen) atoms. The van der Waals surface area contributed by atoms with Crippen LogP contribution in [0.1, 0.15) is 11.1 Å². The third-order valence-corrected chi connectivity index (χ3v) is 3.29. The first-order valence-electron chi connectivity index (χ1n) is 6.67. The Labute approximate surface area is 123 Å². The minimum atomic E-state index is 0.769. The highest BCUT2D eigenvalue weighted by molar-refractivity contribution is 5.88. The number of para-hydroxylation sites is 1. The van der Waals surface area contributed by atoms with Gasteiger partial charge in [-0.2, -0.15) is 5.10 Å². The molecule has 2 aromatic carbocycles. The molecule has 0 aliphatic carbocycles. The van der Waals surface area contributed by atoms with Gasteiger partial charge in [-0.25, -0.2) is 4.68 Å². The van der Waals surface area contributed by atoms with Crippen molar-refractivity contribution >= 4 is 6.21 Å². The quantitative estimate of drug-likeness (QED) is 0.451. The van der Waals surface area contributed by atoms with Gasteiger partial charge in [0.25, 0.3) is 0 Å². The maximum atomic E-state index is 8.85. The summed E-state index contributed by atoms with van der Waals surface area (Å²) < 4.78 is 1.78. The first-order chi connectivity index (χ1) is 10.3. The zero-order valence-electron chi connectivity index (χ0n) is 11.6. The van der Waals surface area contributed by atoms with E-state index >= 15 is 0 Å². The van der Waals surface area contributed by atoms with Gasteiger partial charge in [-0.3, -0.25) is 0 Å². The Morgan fingerprint density at radius 2 is 1.76 bits per heavy atom. The summed E-state index contributed by atoms with van der Waals surface area (Å²) in [5.74, 6) is 0. The molecule has 1 N–H and O–H groups in total. The predicted molar refractivity (Wildman–Crippen MR) is 83.1 cm³/mol. The van der Waals surface area contributed by atoms with Crippen molar-refractivity contribution in [2.75, 3.05) is 0 Å². The van der Waals surface area contributed by atoms with Crippen LogP contribution in [0.25, 0.3) is 16.9 Å². The second kappa shape index (κ2) is 5.63. The normalized spacial score (nSPS) is 11.1. The highest BCUT2D eigenvalue weighted by Gasteiger charge is 2.10. The number of benzene rings is 2. The summed E-state index contributed by atoms with van der Waals surface area (Å²) in [6.07, 6.45) is 3.26. The van der Waals surface area contributed by atoms with Crippen molar-refractivity contribution < 1.29 is 5.21 Å². The van der Waals surface area contributed by atoms with Crippen LogP contribution in [-0.2, 0) is 0 Å². The van der Waals surface area contributed by atoms with Crippen molar-refractivity contribution in [3.05, 3.63) is 71.9 Å². The van der Waals surface area contributed by atoms with Gasteiger partial charge in [-0.05, 0) is 19.1 Å². The van der Waals surface area contributed by atoms with Crippen LogP contribution in [0.15, 0.2) is 65.9 Å². The lowest BCUT2D eigenvalue weighted by molar-refractivity contribution is 0.322. The summed E-state index contributed by atoms with van der Waals surface area (Å²) in [6, 6.07) is 17.9. The molecule has 0 fully saturated rings. The SMILES string of the molecule is Cc1ccc(-c2nn(-c3ccccc3)cc2/C=N\O)cc1. The minimum absolute atomic E-state index is 0.769. The number of aromatic nitrogens is 2. The molecule has 0 aliphatic rings. The molecule has 0 spiro atoms. The molecule has 4 heteroatoms. The zero-order chi connectivity index (χ0) is 14.7. The van der Waals surface area contributed by atoms with Crippen LogP contribution in [-0.4, -0.2) is 21.2 Å². The van der Waals surface area contributed by atoms with Gasteiger partial charge in [0.2, 0.25) is 0 Å². The Kier molecular flexibility index (Phi) is 3.51. The lowest BCUT2D eigenvalue weighted by Crippen LogP contribution is -1.93. The summed E-state index contributed by atoms with van der Waals surface area (Å²) in [4.78, 5) is 0. The van der Waals surface area contributed by atoms with Crippen LogP contribution in [0.3, 0.4) is 0 Å². The van der Waals surface area contributed by atoms with E-state index in [9.17, 15) is 0 Å². The van der Waals surface area contributed by atoms with E-state index in [1.807, 2.05) is 67.7 Å². The summed E-state index contributed by atoms with van der Waals surface area (Å²) in [5, 5.41) is 16.6. The Hall–Kier alpha value is -2.88. The number of hydrogen-bond acceptors (Lipinski definition) is 3. The predicted octanol–water partition coefficient (Wildman–Crippen LogP) is 3.66. The summed E-state index contributed by atoms with van der Waals surface area (Å²) >= 11 is 0. The van der Waals surface area contributed by atoms with Crippen molar-refractivity contribution in [2.24, 2.45) is 5.16 Å². The van der Waals surface area contributed by atoms with E-state index in [2.05, 4.69) is 10.3 Å². The van der Waals surface area contributed by atoms with Crippen LogP contribution in [0.2, 0.25) is 0 Å². The van der Waals surface area contributed by atoms with Crippen molar-refractivity contribution in [1.29, 1.82) is 0 Å². The van der Waals surface area contributed by atoms with Gasteiger partial charge >= 0.3 is 0 Å². The molecular weight excluding hydrogens is 262 g/mol. The molecule has 0 saturated heterocycles. The van der Waals surface area contributed by atoms with Gasteiger partial charge in [0, 0.05) is 17.3 Å². The Morgan fingerprint density at radius 3 is 2.43 bits per heavy atom. The summed E-state index contributed by atoms with van der Waals surface area (Å²) in [7, 11) is 0. The molecule has 0 bridgehead atoms. The molecule has 4 nitrogen and oxygen atoms in total. The Morgan fingerprint density at radius 1 is 1.05 bits per heavy atom. The highest BCUT2D eigenvalue weighted by Crippen LogP contribution is 2.23. The first-order valence-corrected chi connectivity index (χ1v) is 6.67. The van der Waals surface area contributed by atoms with Crippen LogP contribution < -0.4 is 0 Å². The molecule has 104 valence electrons. The topological polar surface area (TPSA) is 50.4 Å². The first kappa shape index (κ1) is 13.1. The van der Waals surface area contributed by atoms with Gasteiger partial charge in [0.15, 0.2) is 0 Å². The standard InChI is InChI=1S/C17H15N3O/c1-13-7-9-14(10-8-13)17-15(11-18-21)12-20(19-17)16-5-3-2-4-6-16/h2-12,21H,1H3/b18-11-. The summed E-state index contributed by atoms with van der Waals surface area (Å²) in [5.41, 5.74) is 4.70. The number of rotatable bonds is 3. The minimum Gasteiger partial charge on any atom is -0.411 e. The Bertz CT molecular complexity index is 758. The van der Waals surface area contributed by atoms with Gasteiger partial charge in [0.05, 0.1) is 11.9 Å². The number of hydrogen-bond donors (Lipinski definition) is 1. The van der Waals surface area contributed by atoms with Gasteiger partial charge in [-0.15, -0.1) is 0 Å². The molecule has 3 rings (SSSR count). The van der Waals surface area contributed by atoms with E-state index in [1.54, 1.807) is 4.68 Å². The number of nitrogens with zero attached hydrogens (tertiary/aromatic N) is 3. The van der Waals surface area contributed by atoms with E-state index in [0.29, 0.717) is 0 Å². The molecule has 3 aromatic rings. The third-order valence-electron chi connectivity index (χ3n) is 3.29. The van der Waals surface area contributed by atoms with E-state index in [4.69, 9.17) is 5.21 Å². The number of aryl methyl sites for hydroxylation is 1. The van der Waals surface area contributed by atoms with Crippen LogP contribution in [0.5, 0.6) is 0 Å². The van der Waals surface area contributed by atoms with E-state index in [0.717, 1.165) is 22.5 Å². The summed E-state index contributed by atoms with van der Waals surface area (Å²) in [6.45, 7) is 2.04. The third kappa shape index (κ3) is 2.69. The zero-order valence-corrected chi connectivity index (χ0v) is 11.6. The van der Waals surface area contributed by atoms with Gasteiger partial charge in [0.1, 0.15) is 5.69 Å². The molecule has 0 amide bonds. The number of oxime groups is 1. The molecule has 0 aliphatic heterocycles. The van der Waals surface area contributed by atoms with Crippen LogP contribution in [0, 0.1) is 6.92 Å². The molecule has 1 aromatic heterocycles. The van der Waals surface area contributed by atoms with Gasteiger partial charge < -0.3 is 5.21 Å². The lowest BCUT2D eigenvalue weighted by Gasteiger charge is -2.01. The molecule has 0 radical (unpaired) electrons. The molecule has 0 atom stereocenters. The van der Waals surface area contributed by atoms with Crippen molar-refractivity contribution in [3.8, 4) is 16.9 Å². The Balaban J connectivity index is 2.11. The maximum Gasteiger partial charge on any atom is 0.102 e. The molecule has 1 heterocycles. The van der Waals surface area contributed by atoms with Crippen molar-refractivity contribution in [2.45, 2.75) is 6.92 Å². The monoisotopic (exact) mass is 277 g/mol. The maximum absolute atomic E-state index is 8.85. The van der Waals surface area contributed by atoms with E-state index < -0.39 is 0 Å².